The first-order valence-corrected chi connectivity index (χ1v) is 11.1. The van der Waals surface area contributed by atoms with Gasteiger partial charge in [-0.15, -0.1) is 0 Å². The first-order chi connectivity index (χ1) is 16.0. The van der Waals surface area contributed by atoms with Crippen molar-refractivity contribution in [2.24, 2.45) is 0 Å². The van der Waals surface area contributed by atoms with Crippen LogP contribution in [0, 0.1) is 0 Å². The monoisotopic (exact) mass is 449 g/mol. The second-order valence-electron chi connectivity index (χ2n) is 8.43. The molecule has 3 aromatic carbocycles. The largest absolute Gasteiger partial charge is 0.497 e. The Balaban J connectivity index is 1.51. The Labute approximate surface area is 195 Å². The predicted octanol–water partition coefficient (Wildman–Crippen LogP) is 4.38. The molecule has 1 heterocycles. The third kappa shape index (κ3) is 5.59. The van der Waals surface area contributed by atoms with Crippen LogP contribution in [0.5, 0.6) is 23.0 Å². The normalized spacial score (nSPS) is 15.5. The number of benzene rings is 3. The number of hydrogen-bond donors (Lipinski definition) is 1. The molecule has 6 nitrogen and oxygen atoms in total. The fourth-order valence-corrected chi connectivity index (χ4v) is 3.99. The van der Waals surface area contributed by atoms with E-state index < -0.39 is 5.60 Å². The molecule has 0 radical (unpaired) electrons. The van der Waals surface area contributed by atoms with E-state index in [0.717, 1.165) is 46.2 Å². The molecule has 174 valence electrons. The highest BCUT2D eigenvalue weighted by Crippen LogP contribution is 2.32. The Kier molecular flexibility index (Phi) is 7.06. The maximum atomic E-state index is 11.1. The lowest BCUT2D eigenvalue weighted by Crippen LogP contribution is -2.30. The highest BCUT2D eigenvalue weighted by molar-refractivity contribution is 5.42. The maximum absolute atomic E-state index is 11.1. The van der Waals surface area contributed by atoms with Crippen LogP contribution in [0.2, 0.25) is 0 Å². The molecule has 0 spiro atoms. The summed E-state index contributed by atoms with van der Waals surface area (Å²) in [5.41, 5.74) is 1.74. The summed E-state index contributed by atoms with van der Waals surface area (Å²) in [7, 11) is 3.34. The molecule has 1 aliphatic rings. The van der Waals surface area contributed by atoms with E-state index in [0.29, 0.717) is 19.7 Å². The van der Waals surface area contributed by atoms with Crippen molar-refractivity contribution in [1.82, 2.24) is 4.90 Å². The molecule has 0 fully saturated rings. The number of hydrogen-bond acceptors (Lipinski definition) is 6. The lowest BCUT2D eigenvalue weighted by Gasteiger charge is -2.26. The lowest BCUT2D eigenvalue weighted by atomic mass is 9.94. The number of fused-ring (bicyclic) bond motifs is 1. The molecule has 4 rings (SSSR count). The van der Waals surface area contributed by atoms with Gasteiger partial charge in [-0.3, -0.25) is 4.90 Å². The highest BCUT2D eigenvalue weighted by atomic mass is 16.5. The number of methoxy groups -OCH3 is 2. The van der Waals surface area contributed by atoms with Gasteiger partial charge >= 0.3 is 0 Å². The van der Waals surface area contributed by atoms with Crippen molar-refractivity contribution >= 4 is 0 Å². The van der Waals surface area contributed by atoms with Crippen molar-refractivity contribution in [3.8, 4) is 23.0 Å². The third-order valence-electron chi connectivity index (χ3n) is 5.89. The third-order valence-corrected chi connectivity index (χ3v) is 5.89. The smallest absolute Gasteiger partial charge is 0.123 e. The molecule has 1 atom stereocenters. The van der Waals surface area contributed by atoms with Crippen LogP contribution in [0.1, 0.15) is 23.6 Å². The zero-order chi connectivity index (χ0) is 23.3. The summed E-state index contributed by atoms with van der Waals surface area (Å²) in [4.78, 5) is 2.31. The molecule has 0 unspecified atom stereocenters. The molecule has 0 amide bonds. The van der Waals surface area contributed by atoms with Gasteiger partial charge in [0.1, 0.15) is 41.8 Å². The van der Waals surface area contributed by atoms with E-state index in [1.54, 1.807) is 21.1 Å². The topological polar surface area (TPSA) is 60.4 Å². The van der Waals surface area contributed by atoms with E-state index in [1.807, 2.05) is 66.7 Å². The van der Waals surface area contributed by atoms with Gasteiger partial charge in [0.25, 0.3) is 0 Å². The minimum Gasteiger partial charge on any atom is -0.497 e. The molecular weight excluding hydrogens is 418 g/mol. The Morgan fingerprint density at radius 2 is 1.79 bits per heavy atom. The molecule has 33 heavy (non-hydrogen) atoms. The molecule has 0 saturated carbocycles. The first kappa shape index (κ1) is 23.0. The van der Waals surface area contributed by atoms with Crippen molar-refractivity contribution in [2.75, 3.05) is 34.0 Å². The van der Waals surface area contributed by atoms with E-state index in [1.165, 1.54) is 0 Å². The zero-order valence-electron chi connectivity index (χ0n) is 19.4. The second-order valence-corrected chi connectivity index (χ2v) is 8.43. The predicted molar refractivity (Wildman–Crippen MR) is 127 cm³/mol. The minimum absolute atomic E-state index is 0.154. The first-order valence-electron chi connectivity index (χ1n) is 11.1. The fourth-order valence-electron chi connectivity index (χ4n) is 3.99. The summed E-state index contributed by atoms with van der Waals surface area (Å²) >= 11 is 0. The molecule has 6 heteroatoms. The Morgan fingerprint density at radius 3 is 2.55 bits per heavy atom. The summed E-state index contributed by atoms with van der Waals surface area (Å²) < 4.78 is 22.8. The van der Waals surface area contributed by atoms with Crippen LogP contribution in [0.25, 0.3) is 0 Å². The van der Waals surface area contributed by atoms with Gasteiger partial charge in [0.05, 0.1) is 14.2 Å². The van der Waals surface area contributed by atoms with E-state index in [2.05, 4.69) is 4.90 Å². The van der Waals surface area contributed by atoms with Crippen molar-refractivity contribution in [3.05, 3.63) is 83.4 Å². The highest BCUT2D eigenvalue weighted by Gasteiger charge is 2.27. The number of nitrogens with zero attached hydrogens (tertiary/aromatic N) is 1. The average Bonchev–Trinajstić information content (AvgIpc) is 3.04. The fraction of sp³-hybridized carbons (Fsp3) is 0.333. The van der Waals surface area contributed by atoms with Crippen LogP contribution in [0.4, 0.5) is 0 Å². The molecule has 0 bridgehead atoms. The van der Waals surface area contributed by atoms with Crippen LogP contribution in [0.3, 0.4) is 0 Å². The Hall–Kier alpha value is -3.22. The summed E-state index contributed by atoms with van der Waals surface area (Å²) in [5.74, 6) is 3.21. The number of ether oxygens (including phenoxy) is 4. The van der Waals surface area contributed by atoms with Crippen LogP contribution < -0.4 is 18.9 Å². The van der Waals surface area contributed by atoms with Crippen LogP contribution >= 0.6 is 0 Å². The van der Waals surface area contributed by atoms with E-state index in [-0.39, 0.29) is 6.61 Å². The molecule has 0 aromatic heterocycles. The van der Waals surface area contributed by atoms with Gasteiger partial charge in [-0.05, 0) is 55.0 Å². The number of para-hydroxylation sites is 1. The van der Waals surface area contributed by atoms with Gasteiger partial charge < -0.3 is 24.1 Å². The summed E-state index contributed by atoms with van der Waals surface area (Å²) in [5, 5.41) is 11.1. The number of aliphatic hydroxyl groups is 1. The molecule has 0 aliphatic carbocycles. The Bertz CT molecular complexity index is 1070. The van der Waals surface area contributed by atoms with Gasteiger partial charge in [-0.1, -0.05) is 24.3 Å². The standard InChI is InChI=1S/C27H31NO5/c1-27(29,19-33-23-7-5-4-6-8-23)22-9-11-26-20(15-22)17-28(13-14-32-26)18-21-16-24(30-2)10-12-25(21)31-3/h4-12,15-16,29H,13-14,17-19H2,1-3H3/t27-/m1/s1. The van der Waals surface area contributed by atoms with Crippen molar-refractivity contribution < 1.29 is 24.1 Å². The van der Waals surface area contributed by atoms with E-state index in [9.17, 15) is 5.11 Å². The summed E-state index contributed by atoms with van der Waals surface area (Å²) in [6, 6.07) is 21.2. The quantitative estimate of drug-likeness (QED) is 0.551. The van der Waals surface area contributed by atoms with E-state index in [4.69, 9.17) is 18.9 Å². The number of rotatable bonds is 8. The summed E-state index contributed by atoms with van der Waals surface area (Å²) in [6.45, 7) is 4.68. The molecule has 0 saturated heterocycles. The SMILES string of the molecule is COc1ccc(OC)c(CN2CCOc3ccc([C@](C)(O)COc4ccccc4)cc3C2)c1. The Morgan fingerprint density at radius 1 is 0.970 bits per heavy atom. The minimum atomic E-state index is -1.14. The van der Waals surface area contributed by atoms with Crippen LogP contribution in [0.15, 0.2) is 66.7 Å². The van der Waals surface area contributed by atoms with E-state index >= 15 is 0 Å². The van der Waals surface area contributed by atoms with Gasteiger partial charge in [0, 0.05) is 30.8 Å². The lowest BCUT2D eigenvalue weighted by molar-refractivity contribution is 0.00748. The van der Waals surface area contributed by atoms with Crippen molar-refractivity contribution in [2.45, 2.75) is 25.6 Å². The average molecular weight is 450 g/mol. The van der Waals surface area contributed by atoms with Crippen LogP contribution in [-0.4, -0.2) is 44.0 Å². The summed E-state index contributed by atoms with van der Waals surface area (Å²) in [6.07, 6.45) is 0. The van der Waals surface area contributed by atoms with Crippen molar-refractivity contribution in [1.29, 1.82) is 0 Å². The second kappa shape index (κ2) is 10.1. The molecule has 3 aromatic rings. The van der Waals surface area contributed by atoms with Gasteiger partial charge in [-0.2, -0.15) is 0 Å². The van der Waals surface area contributed by atoms with Gasteiger partial charge in [0.15, 0.2) is 0 Å². The molecular formula is C27H31NO5. The maximum Gasteiger partial charge on any atom is 0.123 e. The van der Waals surface area contributed by atoms with Gasteiger partial charge in [-0.25, -0.2) is 0 Å². The van der Waals surface area contributed by atoms with Crippen molar-refractivity contribution in [3.63, 3.8) is 0 Å². The van der Waals surface area contributed by atoms with Gasteiger partial charge in [0.2, 0.25) is 0 Å². The van der Waals surface area contributed by atoms with Crippen LogP contribution in [-0.2, 0) is 18.7 Å². The molecule has 1 aliphatic heterocycles. The zero-order valence-corrected chi connectivity index (χ0v) is 19.4. The molecule has 1 N–H and O–H groups in total.